The smallest absolute Gasteiger partial charge is 0.157 e. The second-order valence-corrected chi connectivity index (χ2v) is 11.7. The first-order valence-corrected chi connectivity index (χ1v) is 12.6. The quantitative estimate of drug-likeness (QED) is 0.584. The molecular formula is C26H40O4. The minimum absolute atomic E-state index is 0.0776. The summed E-state index contributed by atoms with van der Waals surface area (Å²) in [6, 6.07) is 0. The van der Waals surface area contributed by atoms with Crippen molar-refractivity contribution in [2.24, 2.45) is 40.4 Å². The van der Waals surface area contributed by atoms with Gasteiger partial charge in [-0.1, -0.05) is 13.8 Å². The van der Waals surface area contributed by atoms with Crippen molar-refractivity contribution in [2.75, 3.05) is 6.61 Å². The Labute approximate surface area is 181 Å². The largest absolute Gasteiger partial charge is 0.353 e. The van der Waals surface area contributed by atoms with Gasteiger partial charge in [-0.05, 0) is 99.2 Å². The zero-order valence-corrected chi connectivity index (χ0v) is 19.2. The summed E-state index contributed by atoms with van der Waals surface area (Å²) in [5.41, 5.74) is 0.372. The summed E-state index contributed by atoms with van der Waals surface area (Å²) >= 11 is 0. The van der Waals surface area contributed by atoms with E-state index in [4.69, 9.17) is 9.47 Å². The highest BCUT2D eigenvalue weighted by Gasteiger charge is 2.63. The molecule has 168 valence electrons. The molecule has 9 atom stereocenters. The lowest BCUT2D eigenvalue weighted by atomic mass is 9.44. The van der Waals surface area contributed by atoms with Crippen LogP contribution < -0.4 is 0 Å². The van der Waals surface area contributed by atoms with Crippen LogP contribution in [0.1, 0.15) is 91.4 Å². The summed E-state index contributed by atoms with van der Waals surface area (Å²) in [5, 5.41) is 0. The van der Waals surface area contributed by atoms with Crippen molar-refractivity contribution < 1.29 is 19.1 Å². The molecule has 0 aromatic rings. The van der Waals surface area contributed by atoms with E-state index in [0.29, 0.717) is 35.2 Å². The van der Waals surface area contributed by atoms with Crippen LogP contribution in [-0.2, 0) is 19.1 Å². The first kappa shape index (κ1) is 21.1. The van der Waals surface area contributed by atoms with Gasteiger partial charge >= 0.3 is 0 Å². The zero-order valence-electron chi connectivity index (χ0n) is 19.2. The van der Waals surface area contributed by atoms with Gasteiger partial charge in [-0.2, -0.15) is 0 Å². The summed E-state index contributed by atoms with van der Waals surface area (Å²) in [6.07, 6.45) is 11.5. The van der Waals surface area contributed by atoms with Crippen LogP contribution in [-0.4, -0.2) is 30.6 Å². The van der Waals surface area contributed by atoms with E-state index < -0.39 is 0 Å². The third kappa shape index (κ3) is 3.23. The molecule has 1 heterocycles. The summed E-state index contributed by atoms with van der Waals surface area (Å²) in [6.45, 7) is 7.49. The Kier molecular flexibility index (Phi) is 5.41. The van der Waals surface area contributed by atoms with Crippen LogP contribution in [0.3, 0.4) is 0 Å². The highest BCUT2D eigenvalue weighted by atomic mass is 16.7. The van der Waals surface area contributed by atoms with Crippen LogP contribution >= 0.6 is 0 Å². The molecule has 0 spiro atoms. The lowest BCUT2D eigenvalue weighted by Gasteiger charge is -2.62. The molecular weight excluding hydrogens is 376 g/mol. The van der Waals surface area contributed by atoms with Gasteiger partial charge in [-0.3, -0.25) is 9.59 Å². The van der Waals surface area contributed by atoms with Crippen LogP contribution in [0.5, 0.6) is 0 Å². The lowest BCUT2D eigenvalue weighted by molar-refractivity contribution is -0.246. The minimum Gasteiger partial charge on any atom is -0.353 e. The summed E-state index contributed by atoms with van der Waals surface area (Å²) in [7, 11) is 0. The molecule has 4 aliphatic carbocycles. The minimum atomic E-state index is -0.0776. The molecule has 5 fully saturated rings. The molecule has 1 unspecified atom stereocenters. The molecule has 0 amide bonds. The van der Waals surface area contributed by atoms with Gasteiger partial charge in [0.25, 0.3) is 0 Å². The Morgan fingerprint density at radius 3 is 2.57 bits per heavy atom. The second-order valence-electron chi connectivity index (χ2n) is 11.7. The van der Waals surface area contributed by atoms with E-state index in [1.54, 1.807) is 6.92 Å². The molecule has 0 bridgehead atoms. The monoisotopic (exact) mass is 416 g/mol. The number of carbonyl (C=O) groups is 2. The molecule has 4 heteroatoms. The average Bonchev–Trinajstić information content (AvgIpc) is 3.07. The topological polar surface area (TPSA) is 52.6 Å². The van der Waals surface area contributed by atoms with Crippen molar-refractivity contribution >= 4 is 11.6 Å². The standard InChI is InChI=1S/C26H40O4/c1-16(27)19-7-8-20-24-21(10-12-26(19,20)3)25(2)11-9-18(28)14-17(25)15-22(24)30-23-6-4-5-13-29-23/h17,19-24H,4-15H2,1-3H3/t17-,19-,20+,21+,22+,23?,24+,25+,26-/m1/s1. The number of Topliss-reactive ketones (excluding diaryl/α,β-unsaturated/α-hetero) is 2. The predicted octanol–water partition coefficient (Wildman–Crippen LogP) is 5.33. The first-order chi connectivity index (χ1) is 14.3. The maximum Gasteiger partial charge on any atom is 0.157 e. The maximum absolute atomic E-state index is 12.5. The van der Waals surface area contributed by atoms with Gasteiger partial charge < -0.3 is 9.47 Å². The Bertz CT molecular complexity index is 697. The third-order valence-electron chi connectivity index (χ3n) is 10.4. The predicted molar refractivity (Wildman–Crippen MR) is 115 cm³/mol. The number of hydrogen-bond donors (Lipinski definition) is 0. The van der Waals surface area contributed by atoms with Gasteiger partial charge in [0, 0.05) is 25.4 Å². The van der Waals surface area contributed by atoms with Gasteiger partial charge in [-0.15, -0.1) is 0 Å². The van der Waals surface area contributed by atoms with Crippen molar-refractivity contribution in [2.45, 2.75) is 104 Å². The molecule has 0 radical (unpaired) electrons. The lowest BCUT2D eigenvalue weighted by Crippen LogP contribution is -2.59. The van der Waals surface area contributed by atoms with E-state index >= 15 is 0 Å². The van der Waals surface area contributed by atoms with E-state index in [1.807, 2.05) is 0 Å². The van der Waals surface area contributed by atoms with Crippen LogP contribution in [0.4, 0.5) is 0 Å². The number of hydrogen-bond acceptors (Lipinski definition) is 4. The van der Waals surface area contributed by atoms with Gasteiger partial charge in [0.2, 0.25) is 0 Å². The van der Waals surface area contributed by atoms with Gasteiger partial charge in [0.1, 0.15) is 11.6 Å². The maximum atomic E-state index is 12.5. The van der Waals surface area contributed by atoms with Crippen LogP contribution in [0.15, 0.2) is 0 Å². The zero-order chi connectivity index (χ0) is 21.1. The van der Waals surface area contributed by atoms with E-state index in [2.05, 4.69) is 13.8 Å². The number of carbonyl (C=O) groups excluding carboxylic acids is 2. The molecule has 0 aromatic heterocycles. The Morgan fingerprint density at radius 2 is 1.83 bits per heavy atom. The Morgan fingerprint density at radius 1 is 1.03 bits per heavy atom. The molecule has 5 aliphatic rings. The highest BCUT2D eigenvalue weighted by molar-refractivity contribution is 5.80. The molecule has 30 heavy (non-hydrogen) atoms. The van der Waals surface area contributed by atoms with E-state index in [-0.39, 0.29) is 29.1 Å². The normalized spacial score (nSPS) is 51.0. The van der Waals surface area contributed by atoms with Gasteiger partial charge in [-0.25, -0.2) is 0 Å². The SMILES string of the molecule is CC(=O)[C@H]1CC[C@H]2[C@@H]3[C@@H](OC4CCCCO4)C[C@H]4CC(=O)CC[C@]4(C)[C@H]3CC[C@]12C. The van der Waals surface area contributed by atoms with E-state index in [1.165, 1.54) is 12.8 Å². The second kappa shape index (κ2) is 7.69. The Hall–Kier alpha value is -0.740. The summed E-state index contributed by atoms with van der Waals surface area (Å²) in [5.74, 6) is 3.18. The van der Waals surface area contributed by atoms with Crippen molar-refractivity contribution in [3.63, 3.8) is 0 Å². The highest BCUT2D eigenvalue weighted by Crippen LogP contribution is 2.67. The van der Waals surface area contributed by atoms with Crippen molar-refractivity contribution in [3.8, 4) is 0 Å². The van der Waals surface area contributed by atoms with Crippen molar-refractivity contribution in [1.82, 2.24) is 0 Å². The fraction of sp³-hybridized carbons (Fsp3) is 0.923. The molecule has 5 rings (SSSR count). The molecule has 0 N–H and O–H groups in total. The van der Waals surface area contributed by atoms with E-state index in [9.17, 15) is 9.59 Å². The Balaban J connectivity index is 1.48. The van der Waals surface area contributed by atoms with Crippen LogP contribution in [0.25, 0.3) is 0 Å². The number of fused-ring (bicyclic) bond motifs is 5. The van der Waals surface area contributed by atoms with E-state index in [0.717, 1.165) is 64.4 Å². The van der Waals surface area contributed by atoms with Crippen molar-refractivity contribution in [1.29, 1.82) is 0 Å². The summed E-state index contributed by atoms with van der Waals surface area (Å²) in [4.78, 5) is 24.9. The van der Waals surface area contributed by atoms with Gasteiger partial charge in [0.15, 0.2) is 6.29 Å². The fourth-order valence-corrected chi connectivity index (χ4v) is 8.81. The first-order valence-electron chi connectivity index (χ1n) is 12.6. The number of rotatable bonds is 3. The molecule has 1 aliphatic heterocycles. The van der Waals surface area contributed by atoms with Crippen LogP contribution in [0.2, 0.25) is 0 Å². The number of ether oxygens (including phenoxy) is 2. The van der Waals surface area contributed by atoms with Crippen molar-refractivity contribution in [3.05, 3.63) is 0 Å². The fourth-order valence-electron chi connectivity index (χ4n) is 8.81. The molecule has 1 saturated heterocycles. The summed E-state index contributed by atoms with van der Waals surface area (Å²) < 4.78 is 12.8. The van der Waals surface area contributed by atoms with Crippen LogP contribution in [0, 0.1) is 40.4 Å². The molecule has 4 nitrogen and oxygen atoms in total. The number of ketones is 2. The third-order valence-corrected chi connectivity index (χ3v) is 10.4. The average molecular weight is 417 g/mol. The molecule has 0 aromatic carbocycles. The molecule has 4 saturated carbocycles. The van der Waals surface area contributed by atoms with Gasteiger partial charge in [0.05, 0.1) is 6.10 Å².